The van der Waals surface area contributed by atoms with Crippen molar-refractivity contribution >= 4 is 28.5 Å². The number of carbonyl (C=O) groups excluding carboxylic acids is 1. The molecule has 0 aliphatic heterocycles. The Bertz CT molecular complexity index is 706. The second-order valence-corrected chi connectivity index (χ2v) is 5.91. The minimum absolute atomic E-state index is 0.233. The Hall–Kier alpha value is -2.03. The summed E-state index contributed by atoms with van der Waals surface area (Å²) in [5, 5.41) is 2.77. The zero-order chi connectivity index (χ0) is 17.5. The molecule has 0 aliphatic carbocycles. The molecular formula is C17H17FINO4. The summed E-state index contributed by atoms with van der Waals surface area (Å²) in [6, 6.07) is 9.09. The van der Waals surface area contributed by atoms with E-state index in [1.165, 1.54) is 31.4 Å². The van der Waals surface area contributed by atoms with E-state index in [0.717, 1.165) is 3.57 Å². The Morgan fingerprint density at radius 2 is 1.75 bits per heavy atom. The van der Waals surface area contributed by atoms with Crippen LogP contribution in [0.15, 0.2) is 36.4 Å². The molecule has 2 rings (SSSR count). The molecule has 24 heavy (non-hydrogen) atoms. The van der Waals surface area contributed by atoms with Crippen LogP contribution in [-0.4, -0.2) is 33.3 Å². The molecule has 0 spiro atoms. The van der Waals surface area contributed by atoms with E-state index in [1.807, 2.05) is 0 Å². The van der Waals surface area contributed by atoms with Gasteiger partial charge in [-0.2, -0.15) is 0 Å². The highest BCUT2D eigenvalue weighted by atomic mass is 127. The molecule has 0 saturated heterocycles. The zero-order valence-corrected chi connectivity index (χ0v) is 15.4. The van der Waals surface area contributed by atoms with Gasteiger partial charge in [-0.1, -0.05) is 0 Å². The first kappa shape index (κ1) is 18.3. The summed E-state index contributed by atoms with van der Waals surface area (Å²) in [6.07, 6.45) is 0. The molecule has 1 amide bonds. The van der Waals surface area contributed by atoms with E-state index in [-0.39, 0.29) is 18.3 Å². The lowest BCUT2D eigenvalue weighted by atomic mass is 10.2. The van der Waals surface area contributed by atoms with Crippen molar-refractivity contribution in [2.45, 2.75) is 0 Å². The molecule has 0 bridgehead atoms. The van der Waals surface area contributed by atoms with Gasteiger partial charge in [0.25, 0.3) is 5.91 Å². The fourth-order valence-electron chi connectivity index (χ4n) is 1.99. The van der Waals surface area contributed by atoms with Crippen LogP contribution in [0.4, 0.5) is 4.39 Å². The number of carbonyl (C=O) groups is 1. The van der Waals surface area contributed by atoms with Crippen LogP contribution >= 0.6 is 22.6 Å². The van der Waals surface area contributed by atoms with Gasteiger partial charge in [0.2, 0.25) is 0 Å². The second kappa shape index (κ2) is 8.72. The van der Waals surface area contributed by atoms with Crippen LogP contribution in [0.25, 0.3) is 0 Å². The summed E-state index contributed by atoms with van der Waals surface area (Å²) < 4.78 is 29.4. The van der Waals surface area contributed by atoms with Crippen LogP contribution in [0.3, 0.4) is 0 Å². The quantitative estimate of drug-likeness (QED) is 0.526. The Balaban J connectivity index is 1.91. The van der Waals surface area contributed by atoms with Crippen LogP contribution in [0.2, 0.25) is 0 Å². The summed E-state index contributed by atoms with van der Waals surface area (Å²) in [4.78, 5) is 12.3. The lowest BCUT2D eigenvalue weighted by Gasteiger charge is -2.12. The van der Waals surface area contributed by atoms with Crippen LogP contribution in [-0.2, 0) is 0 Å². The lowest BCUT2D eigenvalue weighted by molar-refractivity contribution is 0.0945. The number of methoxy groups -OCH3 is 2. The third kappa shape index (κ3) is 4.73. The monoisotopic (exact) mass is 445 g/mol. The molecular weight excluding hydrogens is 428 g/mol. The number of nitrogens with one attached hydrogen (secondary N) is 1. The molecule has 5 nitrogen and oxygen atoms in total. The highest BCUT2D eigenvalue weighted by Gasteiger charge is 2.15. The SMILES string of the molecule is COc1cc(I)c(C(=O)NCCOc2ccc(F)cc2)cc1OC. The lowest BCUT2D eigenvalue weighted by Crippen LogP contribution is -2.28. The van der Waals surface area contributed by atoms with Crippen molar-refractivity contribution in [3.05, 3.63) is 51.3 Å². The largest absolute Gasteiger partial charge is 0.493 e. The standard InChI is InChI=1S/C17H17FINO4/c1-22-15-9-13(14(19)10-16(15)23-2)17(21)20-7-8-24-12-5-3-11(18)4-6-12/h3-6,9-10H,7-8H2,1-2H3,(H,20,21). The predicted octanol–water partition coefficient (Wildman–Crippen LogP) is 3.26. The maximum absolute atomic E-state index is 12.8. The van der Waals surface area contributed by atoms with E-state index < -0.39 is 0 Å². The molecule has 0 fully saturated rings. The van der Waals surface area contributed by atoms with Crippen LogP contribution in [0.1, 0.15) is 10.4 Å². The van der Waals surface area contributed by atoms with E-state index in [1.54, 1.807) is 19.2 Å². The maximum Gasteiger partial charge on any atom is 0.252 e. The van der Waals surface area contributed by atoms with Crippen molar-refractivity contribution in [2.75, 3.05) is 27.4 Å². The molecule has 0 aromatic heterocycles. The fourth-order valence-corrected chi connectivity index (χ4v) is 2.67. The van der Waals surface area contributed by atoms with Crippen molar-refractivity contribution < 1.29 is 23.4 Å². The number of hydrogen-bond donors (Lipinski definition) is 1. The van der Waals surface area contributed by atoms with Gasteiger partial charge in [-0.15, -0.1) is 0 Å². The number of rotatable bonds is 7. The molecule has 0 atom stereocenters. The summed E-state index contributed by atoms with van der Waals surface area (Å²) in [5.41, 5.74) is 0.495. The molecule has 2 aromatic rings. The molecule has 128 valence electrons. The maximum atomic E-state index is 12.8. The Morgan fingerprint density at radius 1 is 1.12 bits per heavy atom. The number of benzene rings is 2. The Kier molecular flexibility index (Phi) is 6.65. The van der Waals surface area contributed by atoms with Gasteiger partial charge in [0.1, 0.15) is 18.2 Å². The number of amides is 1. The number of hydrogen-bond acceptors (Lipinski definition) is 4. The van der Waals surface area contributed by atoms with E-state index in [0.29, 0.717) is 29.4 Å². The fraction of sp³-hybridized carbons (Fsp3) is 0.235. The average molecular weight is 445 g/mol. The van der Waals surface area contributed by atoms with Gasteiger partial charge in [-0.3, -0.25) is 4.79 Å². The first-order valence-electron chi connectivity index (χ1n) is 7.13. The van der Waals surface area contributed by atoms with E-state index >= 15 is 0 Å². The minimum Gasteiger partial charge on any atom is -0.493 e. The van der Waals surface area contributed by atoms with Crippen molar-refractivity contribution in [3.8, 4) is 17.2 Å². The van der Waals surface area contributed by atoms with E-state index in [2.05, 4.69) is 27.9 Å². The first-order valence-corrected chi connectivity index (χ1v) is 8.21. The second-order valence-electron chi connectivity index (χ2n) is 4.75. The molecule has 0 heterocycles. The van der Waals surface area contributed by atoms with Gasteiger partial charge in [-0.05, 0) is 59.0 Å². The zero-order valence-electron chi connectivity index (χ0n) is 13.3. The van der Waals surface area contributed by atoms with Crippen molar-refractivity contribution in [3.63, 3.8) is 0 Å². The predicted molar refractivity (Wildman–Crippen MR) is 96.5 cm³/mol. The van der Waals surface area contributed by atoms with Crippen LogP contribution < -0.4 is 19.5 Å². The van der Waals surface area contributed by atoms with Crippen LogP contribution in [0.5, 0.6) is 17.2 Å². The molecule has 2 aromatic carbocycles. The van der Waals surface area contributed by atoms with E-state index in [9.17, 15) is 9.18 Å². The summed E-state index contributed by atoms with van der Waals surface area (Å²) in [6.45, 7) is 0.599. The normalized spacial score (nSPS) is 10.2. The minimum atomic E-state index is -0.321. The summed E-state index contributed by atoms with van der Waals surface area (Å²) >= 11 is 2.07. The number of halogens is 2. The third-order valence-corrected chi connectivity index (χ3v) is 4.08. The van der Waals surface area contributed by atoms with Gasteiger partial charge in [0, 0.05) is 3.57 Å². The molecule has 0 aliphatic rings. The summed E-state index contributed by atoms with van der Waals surface area (Å²) in [7, 11) is 3.06. The van der Waals surface area contributed by atoms with Gasteiger partial charge in [-0.25, -0.2) is 4.39 Å². The first-order chi connectivity index (χ1) is 11.5. The molecule has 0 radical (unpaired) electrons. The van der Waals surface area contributed by atoms with Crippen molar-refractivity contribution in [1.82, 2.24) is 5.32 Å². The molecule has 0 unspecified atom stereocenters. The Labute approximate surface area is 153 Å². The smallest absolute Gasteiger partial charge is 0.252 e. The van der Waals surface area contributed by atoms with Gasteiger partial charge in [0.05, 0.1) is 26.3 Å². The van der Waals surface area contributed by atoms with Crippen LogP contribution in [0, 0.1) is 9.39 Å². The van der Waals surface area contributed by atoms with Crippen molar-refractivity contribution in [2.24, 2.45) is 0 Å². The topological polar surface area (TPSA) is 56.8 Å². The van der Waals surface area contributed by atoms with E-state index in [4.69, 9.17) is 14.2 Å². The third-order valence-electron chi connectivity index (χ3n) is 3.19. The summed E-state index contributed by atoms with van der Waals surface area (Å²) in [5.74, 6) is 1.05. The van der Waals surface area contributed by atoms with Gasteiger partial charge < -0.3 is 19.5 Å². The molecule has 7 heteroatoms. The van der Waals surface area contributed by atoms with Gasteiger partial charge >= 0.3 is 0 Å². The molecule has 1 N–H and O–H groups in total. The average Bonchev–Trinajstić information content (AvgIpc) is 2.59. The Morgan fingerprint density at radius 3 is 2.38 bits per heavy atom. The number of ether oxygens (including phenoxy) is 3. The molecule has 0 saturated carbocycles. The highest BCUT2D eigenvalue weighted by molar-refractivity contribution is 14.1. The van der Waals surface area contributed by atoms with Gasteiger partial charge in [0.15, 0.2) is 11.5 Å². The van der Waals surface area contributed by atoms with Crippen molar-refractivity contribution in [1.29, 1.82) is 0 Å². The highest BCUT2D eigenvalue weighted by Crippen LogP contribution is 2.31.